The fourth-order valence-electron chi connectivity index (χ4n) is 3.27. The lowest BCUT2D eigenvalue weighted by atomic mass is 10.2. The highest BCUT2D eigenvalue weighted by molar-refractivity contribution is 7.89. The Labute approximate surface area is 209 Å². The molecule has 0 bridgehead atoms. The van der Waals surface area contributed by atoms with Gasteiger partial charge in [0.15, 0.2) is 0 Å². The van der Waals surface area contributed by atoms with Gasteiger partial charge in [-0.25, -0.2) is 13.2 Å². The molecule has 10 heteroatoms. The van der Waals surface area contributed by atoms with Crippen molar-refractivity contribution in [3.8, 4) is 5.75 Å². The van der Waals surface area contributed by atoms with E-state index in [0.29, 0.717) is 16.8 Å². The molecular weight excluding hydrogens is 492 g/mol. The van der Waals surface area contributed by atoms with Crippen LogP contribution in [0.3, 0.4) is 0 Å². The smallest absolute Gasteiger partial charge is 0.338 e. The average Bonchev–Trinajstić information content (AvgIpc) is 2.85. The number of anilines is 1. The van der Waals surface area contributed by atoms with E-state index in [4.69, 9.17) is 21.1 Å². The summed E-state index contributed by atoms with van der Waals surface area (Å²) in [6, 6.07) is 19.3. The van der Waals surface area contributed by atoms with Crippen LogP contribution in [0.4, 0.5) is 5.69 Å². The number of nitrogens with zero attached hydrogens (tertiary/aromatic N) is 1. The lowest BCUT2D eigenvalue weighted by Crippen LogP contribution is -2.37. The predicted molar refractivity (Wildman–Crippen MR) is 133 cm³/mol. The number of esters is 1. The summed E-state index contributed by atoms with van der Waals surface area (Å²) in [4.78, 5) is 24.5. The molecule has 3 rings (SSSR count). The van der Waals surface area contributed by atoms with E-state index in [2.05, 4.69) is 5.32 Å². The highest BCUT2D eigenvalue weighted by atomic mass is 35.5. The Balaban J connectivity index is 1.86. The van der Waals surface area contributed by atoms with Gasteiger partial charge in [-0.3, -0.25) is 4.79 Å². The number of sulfonamides is 1. The van der Waals surface area contributed by atoms with E-state index < -0.39 is 28.4 Å². The van der Waals surface area contributed by atoms with E-state index in [1.165, 1.54) is 37.4 Å². The number of carbonyl (C=O) groups excluding carboxylic acids is 2. The van der Waals surface area contributed by atoms with Crippen molar-refractivity contribution < 1.29 is 27.5 Å². The lowest BCUT2D eigenvalue weighted by Gasteiger charge is -2.23. The van der Waals surface area contributed by atoms with Gasteiger partial charge in [0.25, 0.3) is 0 Å². The second-order valence-electron chi connectivity index (χ2n) is 7.40. The number of benzene rings is 3. The van der Waals surface area contributed by atoms with Gasteiger partial charge in [0.1, 0.15) is 10.6 Å². The molecule has 0 saturated heterocycles. The zero-order valence-electron chi connectivity index (χ0n) is 19.2. The number of hydrogen-bond acceptors (Lipinski definition) is 6. The topological polar surface area (TPSA) is 102 Å². The summed E-state index contributed by atoms with van der Waals surface area (Å²) >= 11 is 6.06. The van der Waals surface area contributed by atoms with Crippen molar-refractivity contribution in [2.24, 2.45) is 0 Å². The first-order valence-electron chi connectivity index (χ1n) is 10.7. The van der Waals surface area contributed by atoms with Crippen molar-refractivity contribution in [2.75, 3.05) is 25.6 Å². The maximum Gasteiger partial charge on any atom is 0.338 e. The molecule has 0 aliphatic rings. The largest absolute Gasteiger partial charge is 0.495 e. The van der Waals surface area contributed by atoms with E-state index in [9.17, 15) is 18.0 Å². The Bertz CT molecular complexity index is 1280. The van der Waals surface area contributed by atoms with Crippen molar-refractivity contribution in [3.05, 3.63) is 88.9 Å². The molecular formula is C25H25ClN2O6S. The summed E-state index contributed by atoms with van der Waals surface area (Å²) < 4.78 is 38.4. The molecule has 0 spiro atoms. The summed E-state index contributed by atoms with van der Waals surface area (Å²) in [5.41, 5.74) is 1.44. The Morgan fingerprint density at radius 1 is 1.00 bits per heavy atom. The third-order valence-electron chi connectivity index (χ3n) is 4.95. The Morgan fingerprint density at radius 3 is 2.31 bits per heavy atom. The number of rotatable bonds is 10. The first-order valence-corrected chi connectivity index (χ1v) is 12.5. The van der Waals surface area contributed by atoms with E-state index in [-0.39, 0.29) is 28.8 Å². The highest BCUT2D eigenvalue weighted by Gasteiger charge is 2.30. The fourth-order valence-corrected chi connectivity index (χ4v) is 5.07. The van der Waals surface area contributed by atoms with Crippen LogP contribution in [-0.4, -0.2) is 44.9 Å². The molecule has 184 valence electrons. The van der Waals surface area contributed by atoms with Gasteiger partial charge < -0.3 is 14.8 Å². The van der Waals surface area contributed by atoms with Crippen molar-refractivity contribution >= 4 is 39.2 Å². The number of amides is 1. The van der Waals surface area contributed by atoms with Crippen molar-refractivity contribution in [1.82, 2.24) is 4.31 Å². The van der Waals surface area contributed by atoms with Crippen LogP contribution >= 0.6 is 11.6 Å². The van der Waals surface area contributed by atoms with E-state index in [1.807, 2.05) is 6.07 Å². The minimum Gasteiger partial charge on any atom is -0.495 e. The summed E-state index contributed by atoms with van der Waals surface area (Å²) in [5.74, 6) is -0.919. The molecule has 1 amide bonds. The second-order valence-corrected chi connectivity index (χ2v) is 9.74. The van der Waals surface area contributed by atoms with Gasteiger partial charge >= 0.3 is 5.97 Å². The zero-order valence-corrected chi connectivity index (χ0v) is 20.8. The van der Waals surface area contributed by atoms with Crippen LogP contribution in [-0.2, 0) is 26.1 Å². The second kappa shape index (κ2) is 11.8. The van der Waals surface area contributed by atoms with Crippen LogP contribution < -0.4 is 10.1 Å². The molecule has 1 N–H and O–H groups in total. The SMILES string of the molecule is CCOC(=O)c1ccc(NC(=O)CN(Cc2ccccc2)S(=O)(=O)c2cc(Cl)ccc2OC)cc1. The van der Waals surface area contributed by atoms with E-state index >= 15 is 0 Å². The molecule has 0 aliphatic carbocycles. The molecule has 3 aromatic rings. The molecule has 0 radical (unpaired) electrons. The van der Waals surface area contributed by atoms with Crippen LogP contribution in [0.5, 0.6) is 5.75 Å². The third kappa shape index (κ3) is 6.82. The molecule has 3 aromatic carbocycles. The molecule has 8 nitrogen and oxygen atoms in total. The monoisotopic (exact) mass is 516 g/mol. The molecule has 0 unspecified atom stereocenters. The van der Waals surface area contributed by atoms with Crippen LogP contribution in [0.15, 0.2) is 77.7 Å². The minimum absolute atomic E-state index is 0.0476. The van der Waals surface area contributed by atoms with Gasteiger partial charge in [-0.1, -0.05) is 41.9 Å². The number of ether oxygens (including phenoxy) is 2. The lowest BCUT2D eigenvalue weighted by molar-refractivity contribution is -0.116. The van der Waals surface area contributed by atoms with Gasteiger partial charge in [0, 0.05) is 17.3 Å². The zero-order chi connectivity index (χ0) is 25.4. The van der Waals surface area contributed by atoms with Crippen LogP contribution in [0.1, 0.15) is 22.8 Å². The Hall–Kier alpha value is -3.40. The summed E-state index contributed by atoms with van der Waals surface area (Å²) in [6.45, 7) is 1.45. The average molecular weight is 517 g/mol. The predicted octanol–water partition coefficient (Wildman–Crippen LogP) is 4.35. The number of methoxy groups -OCH3 is 1. The first-order chi connectivity index (χ1) is 16.7. The molecule has 0 fully saturated rings. The molecule has 0 atom stereocenters. The number of nitrogens with one attached hydrogen (secondary N) is 1. The summed E-state index contributed by atoms with van der Waals surface area (Å²) in [5, 5.41) is 2.88. The Morgan fingerprint density at radius 2 is 1.69 bits per heavy atom. The number of hydrogen-bond donors (Lipinski definition) is 1. The van der Waals surface area contributed by atoms with Crippen molar-refractivity contribution in [2.45, 2.75) is 18.4 Å². The van der Waals surface area contributed by atoms with Gasteiger partial charge in [-0.15, -0.1) is 0 Å². The maximum atomic E-state index is 13.6. The summed E-state index contributed by atoms with van der Waals surface area (Å²) in [6.07, 6.45) is 0. The standard InChI is InChI=1S/C25H25ClN2O6S/c1-3-34-25(30)19-9-12-21(13-10-19)27-24(29)17-28(16-18-7-5-4-6-8-18)35(31,32)23-15-20(26)11-14-22(23)33-2/h4-15H,3,16-17H2,1-2H3,(H,27,29). The van der Waals surface area contributed by atoms with E-state index in [0.717, 1.165) is 4.31 Å². The van der Waals surface area contributed by atoms with Crippen LogP contribution in [0.2, 0.25) is 5.02 Å². The summed E-state index contributed by atoms with van der Waals surface area (Å²) in [7, 11) is -2.82. The van der Waals surface area contributed by atoms with Gasteiger partial charge in [0.2, 0.25) is 15.9 Å². The highest BCUT2D eigenvalue weighted by Crippen LogP contribution is 2.30. The minimum atomic E-state index is -4.17. The molecule has 0 aliphatic heterocycles. The van der Waals surface area contributed by atoms with Gasteiger partial charge in [-0.05, 0) is 55.0 Å². The molecule has 35 heavy (non-hydrogen) atoms. The molecule has 0 aromatic heterocycles. The quantitative estimate of drug-likeness (QED) is 0.402. The van der Waals surface area contributed by atoms with Crippen molar-refractivity contribution in [3.63, 3.8) is 0 Å². The van der Waals surface area contributed by atoms with Crippen LogP contribution in [0.25, 0.3) is 0 Å². The Kier molecular flexibility index (Phi) is 8.86. The number of halogens is 1. The van der Waals surface area contributed by atoms with Gasteiger partial charge in [0.05, 0.1) is 25.8 Å². The van der Waals surface area contributed by atoms with E-state index in [1.54, 1.807) is 43.3 Å². The van der Waals surface area contributed by atoms with Gasteiger partial charge in [-0.2, -0.15) is 4.31 Å². The maximum absolute atomic E-state index is 13.6. The third-order valence-corrected chi connectivity index (χ3v) is 6.99. The fraction of sp³-hybridized carbons (Fsp3) is 0.200. The van der Waals surface area contributed by atoms with Crippen molar-refractivity contribution in [1.29, 1.82) is 0 Å². The van der Waals surface area contributed by atoms with Crippen LogP contribution in [0, 0.1) is 0 Å². The molecule has 0 heterocycles. The first kappa shape index (κ1) is 26.2. The normalized spacial score (nSPS) is 11.2. The molecule has 0 saturated carbocycles. The number of carbonyl (C=O) groups is 2.